The first kappa shape index (κ1) is 20.7. The van der Waals surface area contributed by atoms with Crippen LogP contribution in [0.5, 0.6) is 0 Å². The molecule has 2 aromatic carbocycles. The molecule has 2 heterocycles. The zero-order valence-electron chi connectivity index (χ0n) is 18.2. The van der Waals surface area contributed by atoms with Crippen molar-refractivity contribution in [2.75, 3.05) is 13.1 Å². The highest BCUT2D eigenvalue weighted by Gasteiger charge is 2.35. The maximum Gasteiger partial charge on any atom is 0.209 e. The van der Waals surface area contributed by atoms with Crippen molar-refractivity contribution in [2.45, 2.75) is 52.1 Å². The maximum absolute atomic E-state index is 4.49. The molecule has 5 nitrogen and oxygen atoms in total. The van der Waals surface area contributed by atoms with Gasteiger partial charge in [-0.15, -0.1) is 5.10 Å². The van der Waals surface area contributed by atoms with Crippen LogP contribution < -0.4 is 4.90 Å². The number of hydrogen-bond donors (Lipinski definition) is 1. The van der Waals surface area contributed by atoms with Gasteiger partial charge in [0.1, 0.15) is 0 Å². The van der Waals surface area contributed by atoms with Gasteiger partial charge in [-0.25, -0.2) is 4.68 Å². The lowest BCUT2D eigenvalue weighted by Crippen LogP contribution is -3.14. The van der Waals surface area contributed by atoms with Gasteiger partial charge in [0, 0.05) is 12.5 Å². The second kappa shape index (κ2) is 9.98. The Morgan fingerprint density at radius 1 is 0.933 bits per heavy atom. The molecule has 1 saturated heterocycles. The average Bonchev–Trinajstić information content (AvgIpc) is 3.23. The van der Waals surface area contributed by atoms with Gasteiger partial charge in [0.15, 0.2) is 6.04 Å². The van der Waals surface area contributed by atoms with Gasteiger partial charge in [0.05, 0.1) is 13.1 Å². The van der Waals surface area contributed by atoms with Crippen LogP contribution in [0.4, 0.5) is 0 Å². The van der Waals surface area contributed by atoms with Gasteiger partial charge in [-0.3, -0.25) is 0 Å². The van der Waals surface area contributed by atoms with Crippen LogP contribution in [0.25, 0.3) is 0 Å². The summed E-state index contributed by atoms with van der Waals surface area (Å²) in [5.41, 5.74) is 2.80. The van der Waals surface area contributed by atoms with Crippen LogP contribution in [0.2, 0.25) is 0 Å². The first-order chi connectivity index (χ1) is 14.7. The van der Waals surface area contributed by atoms with Crippen molar-refractivity contribution < 1.29 is 4.90 Å². The van der Waals surface area contributed by atoms with Crippen LogP contribution in [-0.2, 0) is 19.4 Å². The second-order valence-corrected chi connectivity index (χ2v) is 9.01. The summed E-state index contributed by atoms with van der Waals surface area (Å²) in [6.45, 7) is 7.85. The summed E-state index contributed by atoms with van der Waals surface area (Å²) in [5.74, 6) is 2.35. The Kier molecular flexibility index (Phi) is 6.90. The highest BCUT2D eigenvalue weighted by molar-refractivity contribution is 5.15. The largest absolute Gasteiger partial charge is 0.326 e. The van der Waals surface area contributed by atoms with Crippen LogP contribution in [0.3, 0.4) is 0 Å². The Balaban J connectivity index is 1.39. The predicted molar refractivity (Wildman–Crippen MR) is 119 cm³/mol. The number of likely N-dealkylation sites (tertiary alicyclic amines) is 1. The van der Waals surface area contributed by atoms with Crippen molar-refractivity contribution in [1.82, 2.24) is 20.2 Å². The summed E-state index contributed by atoms with van der Waals surface area (Å²) in [5, 5.41) is 12.9. The summed E-state index contributed by atoms with van der Waals surface area (Å²) < 4.78 is 2.04. The number of aromatic nitrogens is 4. The molecule has 0 saturated carbocycles. The third-order valence-electron chi connectivity index (χ3n) is 6.51. The lowest BCUT2D eigenvalue weighted by molar-refractivity contribution is -0.942. The average molecular weight is 405 g/mol. The van der Waals surface area contributed by atoms with Crippen LogP contribution >= 0.6 is 0 Å². The molecule has 1 N–H and O–H groups in total. The van der Waals surface area contributed by atoms with E-state index in [4.69, 9.17) is 0 Å². The molecule has 158 valence electrons. The molecule has 0 amide bonds. The number of piperidine rings is 1. The third-order valence-corrected chi connectivity index (χ3v) is 6.51. The van der Waals surface area contributed by atoms with Crippen molar-refractivity contribution in [2.24, 2.45) is 11.8 Å². The van der Waals surface area contributed by atoms with E-state index in [-0.39, 0.29) is 0 Å². The van der Waals surface area contributed by atoms with E-state index in [9.17, 15) is 0 Å². The van der Waals surface area contributed by atoms with Crippen molar-refractivity contribution in [3.63, 3.8) is 0 Å². The van der Waals surface area contributed by atoms with E-state index in [1.54, 1.807) is 4.90 Å². The van der Waals surface area contributed by atoms with E-state index in [0.29, 0.717) is 12.0 Å². The fraction of sp³-hybridized carbons (Fsp3) is 0.480. The van der Waals surface area contributed by atoms with Gasteiger partial charge in [0.25, 0.3) is 0 Å². The molecule has 5 heteroatoms. The van der Waals surface area contributed by atoms with Gasteiger partial charge in [-0.2, -0.15) is 0 Å². The minimum Gasteiger partial charge on any atom is -0.326 e. The van der Waals surface area contributed by atoms with Gasteiger partial charge >= 0.3 is 0 Å². The zero-order valence-corrected chi connectivity index (χ0v) is 18.2. The molecular weight excluding hydrogens is 370 g/mol. The van der Waals surface area contributed by atoms with E-state index in [2.05, 4.69) is 90.0 Å². The summed E-state index contributed by atoms with van der Waals surface area (Å²) >= 11 is 0. The topological polar surface area (TPSA) is 48.0 Å². The summed E-state index contributed by atoms with van der Waals surface area (Å²) in [6.07, 6.45) is 4.71. The molecule has 1 atom stereocenters. The molecule has 0 unspecified atom stereocenters. The number of hydrogen-bond acceptors (Lipinski definition) is 3. The monoisotopic (exact) mass is 404 g/mol. The Hall–Kier alpha value is -2.53. The van der Waals surface area contributed by atoms with Gasteiger partial charge in [0.2, 0.25) is 5.82 Å². The smallest absolute Gasteiger partial charge is 0.209 e. The minimum absolute atomic E-state index is 0.355. The van der Waals surface area contributed by atoms with Crippen molar-refractivity contribution in [1.29, 1.82) is 0 Å². The molecule has 0 aliphatic carbocycles. The van der Waals surface area contributed by atoms with Crippen LogP contribution in [0.15, 0.2) is 60.7 Å². The Morgan fingerprint density at radius 3 is 2.20 bits per heavy atom. The normalized spacial score (nSPS) is 20.4. The Bertz CT molecular complexity index is 882. The highest BCUT2D eigenvalue weighted by Crippen LogP contribution is 2.21. The molecule has 0 bridgehead atoms. The summed E-state index contributed by atoms with van der Waals surface area (Å²) in [6, 6.07) is 21.9. The van der Waals surface area contributed by atoms with Crippen LogP contribution in [0, 0.1) is 11.8 Å². The number of nitrogens with one attached hydrogen (secondary N) is 1. The highest BCUT2D eigenvalue weighted by atomic mass is 15.5. The molecule has 0 spiro atoms. The number of tetrazole rings is 1. The third kappa shape index (κ3) is 5.14. The molecule has 30 heavy (non-hydrogen) atoms. The fourth-order valence-electron chi connectivity index (χ4n) is 4.94. The second-order valence-electron chi connectivity index (χ2n) is 9.01. The molecule has 1 aliphatic heterocycles. The van der Waals surface area contributed by atoms with Crippen molar-refractivity contribution in [3.8, 4) is 0 Å². The molecule has 3 aromatic rings. The van der Waals surface area contributed by atoms with Crippen molar-refractivity contribution >= 4 is 0 Å². The number of quaternary nitrogens is 1. The first-order valence-corrected chi connectivity index (χ1v) is 11.4. The van der Waals surface area contributed by atoms with Gasteiger partial charge in [-0.1, -0.05) is 74.5 Å². The lowest BCUT2D eigenvalue weighted by atomic mass is 9.88. The Morgan fingerprint density at radius 2 is 1.57 bits per heavy atom. The number of aryl methyl sites for hydroxylation is 2. The number of nitrogens with zero attached hydrogens (tertiary/aromatic N) is 4. The van der Waals surface area contributed by atoms with E-state index in [1.807, 2.05) is 4.68 Å². The van der Waals surface area contributed by atoms with E-state index in [0.717, 1.165) is 24.7 Å². The Labute approximate surface area is 180 Å². The van der Waals surface area contributed by atoms with Crippen LogP contribution in [-0.4, -0.2) is 33.3 Å². The molecular formula is C25H34N5+. The number of benzene rings is 2. The van der Waals surface area contributed by atoms with E-state index < -0.39 is 0 Å². The van der Waals surface area contributed by atoms with E-state index >= 15 is 0 Å². The first-order valence-electron chi connectivity index (χ1n) is 11.4. The molecule has 0 radical (unpaired) electrons. The van der Waals surface area contributed by atoms with Crippen LogP contribution in [0.1, 0.15) is 49.7 Å². The summed E-state index contributed by atoms with van der Waals surface area (Å²) in [4.78, 5) is 1.64. The predicted octanol–water partition coefficient (Wildman–Crippen LogP) is 3.15. The fourth-order valence-corrected chi connectivity index (χ4v) is 4.94. The number of rotatable bonds is 8. The van der Waals surface area contributed by atoms with Crippen molar-refractivity contribution in [3.05, 3.63) is 77.6 Å². The maximum atomic E-state index is 4.49. The van der Waals surface area contributed by atoms with Gasteiger partial charge < -0.3 is 4.90 Å². The SMILES string of the molecule is CC(C)[C@@H](c1nnnn1CCc1ccccc1)[NH+]1CCC(Cc2ccccc2)CC1. The van der Waals surface area contributed by atoms with E-state index in [1.165, 1.54) is 43.5 Å². The minimum atomic E-state index is 0.355. The standard InChI is InChI=1S/C25H33N5/c1-20(2)24(25-26-27-28-30(25)18-15-21-9-5-3-6-10-21)29-16-13-23(14-17-29)19-22-11-7-4-8-12-22/h3-12,20,23-24H,13-19H2,1-2H3/p+1/t24-/m0/s1. The molecule has 1 fully saturated rings. The zero-order chi connectivity index (χ0) is 20.8. The molecule has 4 rings (SSSR count). The quantitative estimate of drug-likeness (QED) is 0.627. The molecule has 1 aromatic heterocycles. The summed E-state index contributed by atoms with van der Waals surface area (Å²) in [7, 11) is 0. The lowest BCUT2D eigenvalue weighted by Gasteiger charge is -2.36. The molecule has 1 aliphatic rings. The van der Waals surface area contributed by atoms with Gasteiger partial charge in [-0.05, 0) is 53.2 Å².